The highest BCUT2D eigenvalue weighted by atomic mass is 32.2. The zero-order valence-corrected chi connectivity index (χ0v) is 16.2. The van der Waals surface area contributed by atoms with Crippen LogP contribution < -0.4 is 10.2 Å². The number of benzene rings is 2. The van der Waals surface area contributed by atoms with Crippen molar-refractivity contribution in [2.24, 2.45) is 0 Å². The molecule has 144 valence electrons. The molecule has 0 saturated carbocycles. The van der Waals surface area contributed by atoms with Crippen LogP contribution in [-0.4, -0.2) is 26.7 Å². The van der Waals surface area contributed by atoms with Crippen LogP contribution in [0.3, 0.4) is 0 Å². The minimum absolute atomic E-state index is 0.104. The molecule has 1 saturated heterocycles. The Morgan fingerprint density at radius 2 is 1.56 bits per heavy atom. The van der Waals surface area contributed by atoms with Crippen molar-refractivity contribution in [1.29, 1.82) is 0 Å². The molecule has 0 unspecified atom stereocenters. The second-order valence-electron chi connectivity index (χ2n) is 7.36. The summed E-state index contributed by atoms with van der Waals surface area (Å²) in [5.74, 6) is -1.81. The number of hydrogen-bond donors (Lipinski definition) is 1. The molecule has 0 amide bonds. The van der Waals surface area contributed by atoms with Crippen molar-refractivity contribution in [3.05, 3.63) is 54.1 Å². The van der Waals surface area contributed by atoms with Gasteiger partial charge in [0.25, 0.3) is 10.0 Å². The maximum absolute atomic E-state index is 13.9. The van der Waals surface area contributed by atoms with Crippen molar-refractivity contribution in [3.63, 3.8) is 0 Å². The fraction of sp³-hybridized carbons (Fsp3) is 0.333. The molecule has 1 fully saturated rings. The molecule has 0 spiro atoms. The SMILES string of the molecule is CC1(C)OB(c2ccccc2S(=O)(=O)Nc2ccc(F)cc2F)OC1(C)C. The van der Waals surface area contributed by atoms with Gasteiger partial charge in [0.05, 0.1) is 21.8 Å². The molecule has 3 rings (SSSR count). The average molecular weight is 395 g/mol. The van der Waals surface area contributed by atoms with Crippen molar-refractivity contribution in [3.8, 4) is 0 Å². The van der Waals surface area contributed by atoms with Gasteiger partial charge in [0.15, 0.2) is 0 Å². The molecule has 1 aliphatic rings. The van der Waals surface area contributed by atoms with E-state index in [0.29, 0.717) is 11.5 Å². The van der Waals surface area contributed by atoms with Gasteiger partial charge in [-0.3, -0.25) is 4.72 Å². The molecule has 0 aromatic heterocycles. The Morgan fingerprint density at radius 3 is 2.15 bits per heavy atom. The predicted octanol–water partition coefficient (Wildman–Crippen LogP) is 3.06. The molecule has 1 N–H and O–H groups in total. The first-order chi connectivity index (χ1) is 12.4. The van der Waals surface area contributed by atoms with Gasteiger partial charge in [0.1, 0.15) is 11.6 Å². The Balaban J connectivity index is 1.98. The molecule has 1 aliphatic heterocycles. The summed E-state index contributed by atoms with van der Waals surface area (Å²) in [4.78, 5) is -0.104. The molecule has 9 heteroatoms. The zero-order chi connectivity index (χ0) is 20.0. The summed E-state index contributed by atoms with van der Waals surface area (Å²) in [6.07, 6.45) is 0. The molecule has 2 aromatic carbocycles. The van der Waals surface area contributed by atoms with Crippen LogP contribution in [0, 0.1) is 11.6 Å². The van der Waals surface area contributed by atoms with Crippen LogP contribution in [0.25, 0.3) is 0 Å². The molecule has 0 radical (unpaired) electrons. The highest BCUT2D eigenvalue weighted by molar-refractivity contribution is 7.93. The van der Waals surface area contributed by atoms with Crippen LogP contribution in [0.15, 0.2) is 47.4 Å². The third kappa shape index (κ3) is 3.72. The van der Waals surface area contributed by atoms with E-state index in [4.69, 9.17) is 9.31 Å². The molecule has 0 bridgehead atoms. The van der Waals surface area contributed by atoms with Crippen LogP contribution >= 0.6 is 0 Å². The Kier molecular flexibility index (Phi) is 4.82. The number of sulfonamides is 1. The topological polar surface area (TPSA) is 64.6 Å². The van der Waals surface area contributed by atoms with E-state index in [2.05, 4.69) is 4.72 Å². The van der Waals surface area contributed by atoms with Crippen LogP contribution in [0.5, 0.6) is 0 Å². The molecule has 2 aromatic rings. The Bertz CT molecular complexity index is 963. The van der Waals surface area contributed by atoms with E-state index in [-0.39, 0.29) is 10.6 Å². The number of halogens is 2. The predicted molar refractivity (Wildman–Crippen MR) is 99.3 cm³/mol. The standard InChI is InChI=1S/C18H20BF2NO4S/c1-17(2)18(3,4)26-19(25-17)13-7-5-6-8-16(13)27(23,24)22-15-10-9-12(20)11-14(15)21/h5-11,22H,1-4H3. The summed E-state index contributed by atoms with van der Waals surface area (Å²) in [6.45, 7) is 7.43. The minimum atomic E-state index is -4.16. The van der Waals surface area contributed by atoms with Gasteiger partial charge in [-0.1, -0.05) is 18.2 Å². The fourth-order valence-corrected chi connectivity index (χ4v) is 3.96. The second-order valence-corrected chi connectivity index (χ2v) is 9.01. The number of rotatable bonds is 4. The van der Waals surface area contributed by atoms with Crippen molar-refractivity contribution < 1.29 is 26.5 Å². The largest absolute Gasteiger partial charge is 0.496 e. The number of anilines is 1. The first kappa shape index (κ1) is 19.8. The quantitative estimate of drug-likeness (QED) is 0.809. The lowest BCUT2D eigenvalue weighted by atomic mass is 9.79. The van der Waals surface area contributed by atoms with E-state index in [1.54, 1.807) is 18.2 Å². The normalized spacial score (nSPS) is 18.5. The summed E-state index contributed by atoms with van der Waals surface area (Å²) >= 11 is 0. The van der Waals surface area contributed by atoms with Crippen LogP contribution in [0.4, 0.5) is 14.5 Å². The van der Waals surface area contributed by atoms with Gasteiger partial charge in [0.2, 0.25) is 0 Å². The maximum atomic E-state index is 13.9. The van der Waals surface area contributed by atoms with E-state index in [1.807, 2.05) is 27.7 Å². The summed E-state index contributed by atoms with van der Waals surface area (Å²) in [6, 6.07) is 8.78. The maximum Gasteiger partial charge on any atom is 0.496 e. The minimum Gasteiger partial charge on any atom is -0.399 e. The van der Waals surface area contributed by atoms with E-state index >= 15 is 0 Å². The average Bonchev–Trinajstić information content (AvgIpc) is 2.78. The third-order valence-corrected chi connectivity index (χ3v) is 6.33. The van der Waals surface area contributed by atoms with E-state index in [0.717, 1.165) is 12.1 Å². The summed E-state index contributed by atoms with van der Waals surface area (Å²) in [5, 5.41) is 0. The molecule has 27 heavy (non-hydrogen) atoms. The molecule has 1 heterocycles. The smallest absolute Gasteiger partial charge is 0.399 e. The molecular formula is C18H20BF2NO4S. The van der Waals surface area contributed by atoms with Gasteiger partial charge in [-0.05, 0) is 45.9 Å². The van der Waals surface area contributed by atoms with E-state index in [1.165, 1.54) is 6.07 Å². The number of hydrogen-bond acceptors (Lipinski definition) is 4. The van der Waals surface area contributed by atoms with E-state index in [9.17, 15) is 17.2 Å². The lowest BCUT2D eigenvalue weighted by Gasteiger charge is -2.32. The third-order valence-electron chi connectivity index (χ3n) is 4.89. The van der Waals surface area contributed by atoms with E-state index < -0.39 is 40.0 Å². The zero-order valence-electron chi connectivity index (χ0n) is 15.4. The lowest BCUT2D eigenvalue weighted by molar-refractivity contribution is 0.00578. The van der Waals surface area contributed by atoms with Gasteiger partial charge in [-0.15, -0.1) is 0 Å². The van der Waals surface area contributed by atoms with Crippen molar-refractivity contribution in [1.82, 2.24) is 0 Å². The molecular weight excluding hydrogens is 375 g/mol. The van der Waals surface area contributed by atoms with Gasteiger partial charge < -0.3 is 9.31 Å². The molecule has 0 aliphatic carbocycles. The van der Waals surface area contributed by atoms with Gasteiger partial charge in [-0.2, -0.15) is 0 Å². The van der Waals surface area contributed by atoms with Crippen molar-refractivity contribution >= 4 is 28.3 Å². The Morgan fingerprint density at radius 1 is 0.963 bits per heavy atom. The molecule has 5 nitrogen and oxygen atoms in total. The fourth-order valence-electron chi connectivity index (χ4n) is 2.66. The molecule has 0 atom stereocenters. The highest BCUT2D eigenvalue weighted by Gasteiger charge is 2.52. The summed E-state index contributed by atoms with van der Waals surface area (Å²) < 4.78 is 66.7. The van der Waals surface area contributed by atoms with Gasteiger partial charge >= 0.3 is 7.12 Å². The Hall–Kier alpha value is -1.97. The summed E-state index contributed by atoms with van der Waals surface area (Å²) in [7, 11) is -5.07. The van der Waals surface area contributed by atoms with Gasteiger partial charge in [0, 0.05) is 11.5 Å². The highest BCUT2D eigenvalue weighted by Crippen LogP contribution is 2.37. The lowest BCUT2D eigenvalue weighted by Crippen LogP contribution is -2.41. The monoisotopic (exact) mass is 395 g/mol. The second kappa shape index (κ2) is 6.58. The van der Waals surface area contributed by atoms with Crippen LogP contribution in [0.1, 0.15) is 27.7 Å². The Labute approximate surface area is 157 Å². The summed E-state index contributed by atoms with van der Waals surface area (Å²) in [5.41, 5.74) is -1.35. The van der Waals surface area contributed by atoms with Gasteiger partial charge in [-0.25, -0.2) is 17.2 Å². The van der Waals surface area contributed by atoms with Crippen molar-refractivity contribution in [2.45, 2.75) is 43.8 Å². The first-order valence-corrected chi connectivity index (χ1v) is 9.84. The van der Waals surface area contributed by atoms with Crippen LogP contribution in [-0.2, 0) is 19.3 Å². The number of nitrogens with one attached hydrogen (secondary N) is 1. The first-order valence-electron chi connectivity index (χ1n) is 8.35. The van der Waals surface area contributed by atoms with Crippen LogP contribution in [0.2, 0.25) is 0 Å². The van der Waals surface area contributed by atoms with Crippen molar-refractivity contribution in [2.75, 3.05) is 4.72 Å².